The van der Waals surface area contributed by atoms with Crippen molar-refractivity contribution in [2.75, 3.05) is 13.1 Å². The molecule has 114 valence electrons. The van der Waals surface area contributed by atoms with Crippen molar-refractivity contribution in [2.45, 2.75) is 52.6 Å². The minimum atomic E-state index is -0.473. The predicted octanol–water partition coefficient (Wildman–Crippen LogP) is 4.57. The first-order valence-corrected chi connectivity index (χ1v) is 7.96. The lowest BCUT2D eigenvalue weighted by atomic mass is 9.87. The van der Waals surface area contributed by atoms with Crippen LogP contribution in [0.15, 0.2) is 24.3 Å². The molecule has 2 nitrogen and oxygen atoms in total. The molecule has 0 saturated heterocycles. The molecule has 0 bridgehead atoms. The lowest BCUT2D eigenvalue weighted by Crippen LogP contribution is -2.32. The van der Waals surface area contributed by atoms with Crippen LogP contribution in [0.2, 0.25) is 5.02 Å². The van der Waals surface area contributed by atoms with Crippen molar-refractivity contribution in [1.82, 2.24) is 5.32 Å². The Bertz CT molecular complexity index is 375. The highest BCUT2D eigenvalue weighted by atomic mass is 35.5. The van der Waals surface area contributed by atoms with E-state index < -0.39 is 6.10 Å². The molecule has 0 fully saturated rings. The van der Waals surface area contributed by atoms with Crippen molar-refractivity contribution in [3.63, 3.8) is 0 Å². The van der Waals surface area contributed by atoms with Crippen LogP contribution in [0, 0.1) is 5.41 Å². The summed E-state index contributed by atoms with van der Waals surface area (Å²) in [4.78, 5) is 0. The summed E-state index contributed by atoms with van der Waals surface area (Å²) in [5, 5.41) is 14.2. The molecule has 0 radical (unpaired) electrons. The van der Waals surface area contributed by atoms with E-state index in [1.54, 1.807) is 0 Å². The molecule has 1 rings (SSSR count). The summed E-state index contributed by atoms with van der Waals surface area (Å²) in [6.07, 6.45) is 4.60. The molecule has 20 heavy (non-hydrogen) atoms. The fraction of sp³-hybridized carbons (Fsp3) is 0.647. The molecule has 3 heteroatoms. The topological polar surface area (TPSA) is 32.3 Å². The molecule has 2 N–H and O–H groups in total. The molecule has 1 aromatic rings. The molecule has 0 aromatic heterocycles. The Balaban J connectivity index is 2.30. The van der Waals surface area contributed by atoms with Gasteiger partial charge >= 0.3 is 0 Å². The molecule has 1 unspecified atom stereocenters. The smallest absolute Gasteiger partial charge is 0.0914 e. The number of rotatable bonds is 9. The molecule has 1 atom stereocenters. The van der Waals surface area contributed by atoms with Gasteiger partial charge in [0.1, 0.15) is 0 Å². The summed E-state index contributed by atoms with van der Waals surface area (Å²) in [6.45, 7) is 8.31. The van der Waals surface area contributed by atoms with Crippen LogP contribution >= 0.6 is 11.6 Å². The molecule has 0 heterocycles. The van der Waals surface area contributed by atoms with E-state index in [1.807, 2.05) is 24.3 Å². The average Bonchev–Trinajstić information content (AvgIpc) is 2.39. The van der Waals surface area contributed by atoms with Gasteiger partial charge in [-0.1, -0.05) is 63.8 Å². The van der Waals surface area contributed by atoms with Gasteiger partial charge in [0.05, 0.1) is 6.10 Å². The van der Waals surface area contributed by atoms with E-state index in [9.17, 15) is 5.11 Å². The van der Waals surface area contributed by atoms with Crippen molar-refractivity contribution in [3.05, 3.63) is 34.9 Å². The standard InChI is InChI=1S/C17H28ClNO/c1-4-5-6-11-17(2,3)13-19-12-16(20)14-7-9-15(18)10-8-14/h7-10,16,19-20H,4-6,11-13H2,1-3H3. The minimum absolute atomic E-state index is 0.287. The first-order valence-electron chi connectivity index (χ1n) is 7.59. The Morgan fingerprint density at radius 3 is 2.45 bits per heavy atom. The fourth-order valence-corrected chi connectivity index (χ4v) is 2.42. The van der Waals surface area contributed by atoms with E-state index in [2.05, 4.69) is 26.1 Å². The second kappa shape index (κ2) is 8.66. The number of benzene rings is 1. The van der Waals surface area contributed by atoms with Gasteiger partial charge in [-0.05, 0) is 29.5 Å². The zero-order chi connectivity index (χ0) is 15.0. The molecule has 0 amide bonds. The first-order chi connectivity index (χ1) is 9.44. The van der Waals surface area contributed by atoms with E-state index >= 15 is 0 Å². The molecule has 0 spiro atoms. The Kier molecular flexibility index (Phi) is 7.57. The second-order valence-electron chi connectivity index (χ2n) is 6.32. The van der Waals surface area contributed by atoms with Crippen LogP contribution in [0.5, 0.6) is 0 Å². The molecule has 0 aliphatic carbocycles. The van der Waals surface area contributed by atoms with Gasteiger partial charge in [-0.3, -0.25) is 0 Å². The number of aliphatic hydroxyl groups excluding tert-OH is 1. The van der Waals surface area contributed by atoms with E-state index in [4.69, 9.17) is 11.6 Å². The normalized spacial score (nSPS) is 13.4. The Hall–Kier alpha value is -0.570. The third-order valence-corrected chi connectivity index (χ3v) is 3.91. The number of aliphatic hydroxyl groups is 1. The third-order valence-electron chi connectivity index (χ3n) is 3.65. The summed E-state index contributed by atoms with van der Waals surface area (Å²) >= 11 is 5.84. The number of hydrogen-bond donors (Lipinski definition) is 2. The quantitative estimate of drug-likeness (QED) is 0.654. The van der Waals surface area contributed by atoms with Gasteiger partial charge in [0.25, 0.3) is 0 Å². The molecular weight excluding hydrogens is 270 g/mol. The summed E-state index contributed by atoms with van der Waals surface area (Å²) in [5.74, 6) is 0. The largest absolute Gasteiger partial charge is 0.387 e. The van der Waals surface area contributed by atoms with E-state index in [0.29, 0.717) is 11.6 Å². The van der Waals surface area contributed by atoms with E-state index in [-0.39, 0.29) is 5.41 Å². The van der Waals surface area contributed by atoms with Gasteiger partial charge in [0.2, 0.25) is 0 Å². The van der Waals surface area contributed by atoms with Gasteiger partial charge in [-0.25, -0.2) is 0 Å². The Labute approximate surface area is 128 Å². The van der Waals surface area contributed by atoms with Crippen molar-refractivity contribution < 1.29 is 5.11 Å². The molecule has 0 aliphatic rings. The summed E-state index contributed by atoms with van der Waals surface area (Å²) in [7, 11) is 0. The Morgan fingerprint density at radius 1 is 1.20 bits per heavy atom. The van der Waals surface area contributed by atoms with Crippen LogP contribution < -0.4 is 5.32 Å². The maximum absolute atomic E-state index is 10.1. The van der Waals surface area contributed by atoms with Gasteiger partial charge in [-0.15, -0.1) is 0 Å². The van der Waals surface area contributed by atoms with Gasteiger partial charge in [-0.2, -0.15) is 0 Å². The highest BCUT2D eigenvalue weighted by Gasteiger charge is 2.17. The number of hydrogen-bond acceptors (Lipinski definition) is 2. The van der Waals surface area contributed by atoms with Crippen molar-refractivity contribution in [1.29, 1.82) is 0 Å². The highest BCUT2D eigenvalue weighted by Crippen LogP contribution is 2.23. The zero-order valence-electron chi connectivity index (χ0n) is 13.0. The van der Waals surface area contributed by atoms with E-state index in [0.717, 1.165) is 12.1 Å². The number of unbranched alkanes of at least 4 members (excludes halogenated alkanes) is 2. The van der Waals surface area contributed by atoms with Crippen LogP contribution in [0.1, 0.15) is 58.1 Å². The molecule has 0 aliphatic heterocycles. The van der Waals surface area contributed by atoms with E-state index in [1.165, 1.54) is 25.7 Å². The molecule has 1 aromatic carbocycles. The summed E-state index contributed by atoms with van der Waals surface area (Å²) in [5.41, 5.74) is 1.19. The second-order valence-corrected chi connectivity index (χ2v) is 6.76. The van der Waals surface area contributed by atoms with Crippen LogP contribution in [0.4, 0.5) is 0 Å². The monoisotopic (exact) mass is 297 g/mol. The SMILES string of the molecule is CCCCCC(C)(C)CNCC(O)c1ccc(Cl)cc1. The maximum Gasteiger partial charge on any atom is 0.0914 e. The summed E-state index contributed by atoms with van der Waals surface area (Å²) in [6, 6.07) is 7.38. The molecule has 0 saturated carbocycles. The number of halogens is 1. The minimum Gasteiger partial charge on any atom is -0.387 e. The van der Waals surface area contributed by atoms with Crippen LogP contribution in [0.25, 0.3) is 0 Å². The third kappa shape index (κ3) is 6.74. The fourth-order valence-electron chi connectivity index (χ4n) is 2.29. The van der Waals surface area contributed by atoms with Crippen LogP contribution in [0.3, 0.4) is 0 Å². The van der Waals surface area contributed by atoms with Crippen LogP contribution in [-0.4, -0.2) is 18.2 Å². The lowest BCUT2D eigenvalue weighted by Gasteiger charge is -2.26. The van der Waals surface area contributed by atoms with Gasteiger partial charge in [0, 0.05) is 18.1 Å². The average molecular weight is 298 g/mol. The predicted molar refractivity (Wildman–Crippen MR) is 87.2 cm³/mol. The van der Waals surface area contributed by atoms with Crippen molar-refractivity contribution in [2.24, 2.45) is 5.41 Å². The zero-order valence-corrected chi connectivity index (χ0v) is 13.7. The van der Waals surface area contributed by atoms with Crippen molar-refractivity contribution in [3.8, 4) is 0 Å². The summed E-state index contributed by atoms with van der Waals surface area (Å²) < 4.78 is 0. The first kappa shape index (κ1) is 17.5. The lowest BCUT2D eigenvalue weighted by molar-refractivity contribution is 0.167. The van der Waals surface area contributed by atoms with Gasteiger partial charge < -0.3 is 10.4 Å². The maximum atomic E-state index is 10.1. The van der Waals surface area contributed by atoms with Crippen LogP contribution in [-0.2, 0) is 0 Å². The number of nitrogens with one attached hydrogen (secondary N) is 1. The molecular formula is C17H28ClNO. The van der Waals surface area contributed by atoms with Gasteiger partial charge in [0.15, 0.2) is 0 Å². The Morgan fingerprint density at radius 2 is 1.85 bits per heavy atom. The van der Waals surface area contributed by atoms with Crippen molar-refractivity contribution >= 4 is 11.6 Å². The highest BCUT2D eigenvalue weighted by molar-refractivity contribution is 6.30.